The van der Waals surface area contributed by atoms with Crippen molar-refractivity contribution in [1.29, 1.82) is 0 Å². The number of para-hydroxylation sites is 1. The van der Waals surface area contributed by atoms with E-state index in [1.165, 1.54) is 0 Å². The highest BCUT2D eigenvalue weighted by atomic mass is 16.5. The van der Waals surface area contributed by atoms with Crippen LogP contribution in [0.4, 0.5) is 0 Å². The van der Waals surface area contributed by atoms with Gasteiger partial charge in [-0.3, -0.25) is 9.59 Å². The number of ether oxygens (including phenoxy) is 1. The van der Waals surface area contributed by atoms with Crippen molar-refractivity contribution in [3.63, 3.8) is 0 Å². The van der Waals surface area contributed by atoms with Gasteiger partial charge in [-0.1, -0.05) is 56.2 Å². The molecule has 5 heteroatoms. The predicted molar refractivity (Wildman–Crippen MR) is 118 cm³/mol. The van der Waals surface area contributed by atoms with Crippen LogP contribution in [0.25, 0.3) is 0 Å². The number of piperidine rings is 1. The van der Waals surface area contributed by atoms with Gasteiger partial charge in [-0.25, -0.2) is 0 Å². The molecule has 0 saturated carbocycles. The third-order valence-corrected chi connectivity index (χ3v) is 5.62. The second-order valence-corrected chi connectivity index (χ2v) is 7.82. The molecule has 30 heavy (non-hydrogen) atoms. The average molecular weight is 409 g/mol. The standard InChI is InChI=1S/C25H32N2O3/c1-2-3-9-16-26-24(28)20-14-17-27(18-15-20)25(29)23-13-8-7-10-21(23)19-30-22-11-5-4-6-12-22/h4-8,10-13,20H,2-3,9,14-19H2,1H3,(H,26,28). The molecule has 2 aromatic rings. The Morgan fingerprint density at radius 2 is 1.70 bits per heavy atom. The number of amides is 2. The summed E-state index contributed by atoms with van der Waals surface area (Å²) in [7, 11) is 0. The van der Waals surface area contributed by atoms with Gasteiger partial charge in [0.25, 0.3) is 5.91 Å². The lowest BCUT2D eigenvalue weighted by molar-refractivity contribution is -0.126. The molecule has 0 unspecified atom stereocenters. The van der Waals surface area contributed by atoms with E-state index in [0.717, 1.165) is 37.1 Å². The SMILES string of the molecule is CCCCCNC(=O)C1CCN(C(=O)c2ccccc2COc2ccccc2)CC1. The third kappa shape index (κ3) is 6.09. The molecule has 160 valence electrons. The van der Waals surface area contributed by atoms with Crippen molar-refractivity contribution >= 4 is 11.8 Å². The van der Waals surface area contributed by atoms with Gasteiger partial charge >= 0.3 is 0 Å². The van der Waals surface area contributed by atoms with Gasteiger partial charge in [0, 0.05) is 36.7 Å². The van der Waals surface area contributed by atoms with Crippen LogP contribution in [0.2, 0.25) is 0 Å². The number of nitrogens with zero attached hydrogens (tertiary/aromatic N) is 1. The molecule has 1 fully saturated rings. The van der Waals surface area contributed by atoms with Gasteiger partial charge < -0.3 is 15.0 Å². The summed E-state index contributed by atoms with van der Waals surface area (Å²) in [4.78, 5) is 27.3. The number of rotatable bonds is 9. The van der Waals surface area contributed by atoms with Gasteiger partial charge in [0.05, 0.1) is 0 Å². The van der Waals surface area contributed by atoms with E-state index in [1.807, 2.05) is 59.5 Å². The van der Waals surface area contributed by atoms with Crippen LogP contribution >= 0.6 is 0 Å². The molecule has 0 spiro atoms. The topological polar surface area (TPSA) is 58.6 Å². The van der Waals surface area contributed by atoms with E-state index in [0.29, 0.717) is 38.1 Å². The maximum Gasteiger partial charge on any atom is 0.254 e. The molecule has 0 bridgehead atoms. The second-order valence-electron chi connectivity index (χ2n) is 7.82. The smallest absolute Gasteiger partial charge is 0.254 e. The number of carbonyl (C=O) groups is 2. The molecule has 1 N–H and O–H groups in total. The van der Waals surface area contributed by atoms with Gasteiger partial charge in [-0.05, 0) is 37.5 Å². The number of nitrogens with one attached hydrogen (secondary N) is 1. The largest absolute Gasteiger partial charge is 0.489 e. The van der Waals surface area contributed by atoms with Crippen LogP contribution in [0.5, 0.6) is 5.75 Å². The van der Waals surface area contributed by atoms with E-state index in [4.69, 9.17) is 4.74 Å². The Morgan fingerprint density at radius 3 is 2.43 bits per heavy atom. The highest BCUT2D eigenvalue weighted by molar-refractivity contribution is 5.95. The molecule has 3 rings (SSSR count). The first-order valence-electron chi connectivity index (χ1n) is 11.0. The van der Waals surface area contributed by atoms with Crippen molar-refractivity contribution in [3.8, 4) is 5.75 Å². The zero-order valence-corrected chi connectivity index (χ0v) is 17.8. The first-order chi connectivity index (χ1) is 14.7. The normalized spacial score (nSPS) is 14.4. The van der Waals surface area contributed by atoms with Crippen LogP contribution in [0.1, 0.15) is 54.9 Å². The summed E-state index contributed by atoms with van der Waals surface area (Å²) in [5, 5.41) is 3.05. The molecule has 5 nitrogen and oxygen atoms in total. The Bertz CT molecular complexity index is 814. The Labute approximate surface area is 179 Å². The van der Waals surface area contributed by atoms with Crippen molar-refractivity contribution in [1.82, 2.24) is 10.2 Å². The minimum absolute atomic E-state index is 0.00679. The fraction of sp³-hybridized carbons (Fsp3) is 0.440. The Kier molecular flexibility index (Phi) is 8.30. The summed E-state index contributed by atoms with van der Waals surface area (Å²) in [6.45, 7) is 4.48. The zero-order valence-electron chi connectivity index (χ0n) is 17.8. The lowest BCUT2D eigenvalue weighted by Gasteiger charge is -2.32. The average Bonchev–Trinajstić information content (AvgIpc) is 2.81. The van der Waals surface area contributed by atoms with Gasteiger partial charge in [0.15, 0.2) is 0 Å². The molecule has 1 saturated heterocycles. The minimum atomic E-state index is 0.00679. The molecular formula is C25H32N2O3. The molecule has 1 aliphatic rings. The van der Waals surface area contributed by atoms with E-state index in [1.54, 1.807) is 0 Å². The molecule has 0 radical (unpaired) electrons. The molecule has 0 aromatic heterocycles. The Morgan fingerprint density at radius 1 is 1.00 bits per heavy atom. The van der Waals surface area contributed by atoms with E-state index < -0.39 is 0 Å². The van der Waals surface area contributed by atoms with Crippen molar-refractivity contribution in [3.05, 3.63) is 65.7 Å². The predicted octanol–water partition coefficient (Wildman–Crippen LogP) is 4.42. The van der Waals surface area contributed by atoms with Crippen LogP contribution < -0.4 is 10.1 Å². The molecule has 1 aliphatic heterocycles. The van der Waals surface area contributed by atoms with E-state index in [2.05, 4.69) is 12.2 Å². The van der Waals surface area contributed by atoms with Crippen molar-refractivity contribution in [2.24, 2.45) is 5.92 Å². The van der Waals surface area contributed by atoms with Crippen LogP contribution in [0, 0.1) is 5.92 Å². The number of hydrogen-bond acceptors (Lipinski definition) is 3. The van der Waals surface area contributed by atoms with E-state index in [9.17, 15) is 9.59 Å². The summed E-state index contributed by atoms with van der Waals surface area (Å²) in [5.41, 5.74) is 1.55. The van der Waals surface area contributed by atoms with Crippen LogP contribution in [0.3, 0.4) is 0 Å². The Balaban J connectivity index is 1.53. The lowest BCUT2D eigenvalue weighted by atomic mass is 9.95. The molecule has 0 atom stereocenters. The minimum Gasteiger partial charge on any atom is -0.489 e. The second kappa shape index (κ2) is 11.4. The maximum atomic E-state index is 13.1. The quantitative estimate of drug-likeness (QED) is 0.625. The summed E-state index contributed by atoms with van der Waals surface area (Å²) >= 11 is 0. The van der Waals surface area contributed by atoms with Gasteiger partial charge in [-0.2, -0.15) is 0 Å². The number of carbonyl (C=O) groups excluding carboxylic acids is 2. The van der Waals surface area contributed by atoms with Gasteiger partial charge in [0.1, 0.15) is 12.4 Å². The number of hydrogen-bond donors (Lipinski definition) is 1. The molecular weight excluding hydrogens is 376 g/mol. The summed E-state index contributed by atoms with van der Waals surface area (Å²) in [6, 6.07) is 17.2. The third-order valence-electron chi connectivity index (χ3n) is 5.62. The van der Waals surface area contributed by atoms with Crippen molar-refractivity contribution in [2.75, 3.05) is 19.6 Å². The number of unbranched alkanes of at least 4 members (excludes halogenated alkanes) is 2. The van der Waals surface area contributed by atoms with Crippen LogP contribution in [-0.2, 0) is 11.4 Å². The first kappa shape index (κ1) is 21.9. The van der Waals surface area contributed by atoms with Gasteiger partial charge in [0.2, 0.25) is 5.91 Å². The maximum absolute atomic E-state index is 13.1. The lowest BCUT2D eigenvalue weighted by Crippen LogP contribution is -2.43. The monoisotopic (exact) mass is 408 g/mol. The first-order valence-corrected chi connectivity index (χ1v) is 11.0. The van der Waals surface area contributed by atoms with Crippen LogP contribution in [-0.4, -0.2) is 36.3 Å². The number of likely N-dealkylation sites (tertiary alicyclic amines) is 1. The number of benzene rings is 2. The fourth-order valence-corrected chi connectivity index (χ4v) is 3.78. The van der Waals surface area contributed by atoms with Crippen LogP contribution in [0.15, 0.2) is 54.6 Å². The molecule has 0 aliphatic carbocycles. The summed E-state index contributed by atoms with van der Waals surface area (Å²) < 4.78 is 5.85. The molecule has 2 amide bonds. The highest BCUT2D eigenvalue weighted by Gasteiger charge is 2.28. The zero-order chi connectivity index (χ0) is 21.2. The fourth-order valence-electron chi connectivity index (χ4n) is 3.78. The van der Waals surface area contributed by atoms with Gasteiger partial charge in [-0.15, -0.1) is 0 Å². The Hall–Kier alpha value is -2.82. The summed E-state index contributed by atoms with van der Waals surface area (Å²) in [6.07, 6.45) is 4.75. The van der Waals surface area contributed by atoms with E-state index >= 15 is 0 Å². The van der Waals surface area contributed by atoms with Crippen molar-refractivity contribution < 1.29 is 14.3 Å². The summed E-state index contributed by atoms with van der Waals surface area (Å²) in [5.74, 6) is 0.941. The highest BCUT2D eigenvalue weighted by Crippen LogP contribution is 2.22. The van der Waals surface area contributed by atoms with E-state index in [-0.39, 0.29) is 17.7 Å². The van der Waals surface area contributed by atoms with Crippen molar-refractivity contribution in [2.45, 2.75) is 45.6 Å². The molecule has 1 heterocycles. The molecule has 2 aromatic carbocycles.